The summed E-state index contributed by atoms with van der Waals surface area (Å²) in [6.07, 6.45) is -0.611. The van der Waals surface area contributed by atoms with E-state index >= 15 is 8.78 Å². The standard InChI is InChI=1S/C25H37F2N3O3S2Si/c1-23(2,3)33-22(31)30(15-32-9-10-36(4,5)6)21-29-24(13-26,17-11-16(28)7-8-19(17)27)20-18-12-34-14-25(18,20)35-21/h7-8,11,18,20H,9-10,12-15,28H2,1-6H3/t18-,20+,24-,25+/m1/s1. The zero-order valence-corrected chi connectivity index (χ0v) is 24.5. The lowest BCUT2D eigenvalue weighted by molar-refractivity contribution is 0.0109. The molecule has 1 spiro atoms. The molecule has 2 N–H and O–H groups in total. The molecular weight excluding hydrogens is 521 g/mol. The minimum absolute atomic E-state index is 0.0639. The predicted molar refractivity (Wildman–Crippen MR) is 148 cm³/mol. The maximum absolute atomic E-state index is 15.2. The largest absolute Gasteiger partial charge is 0.443 e. The Bertz CT molecular complexity index is 1050. The van der Waals surface area contributed by atoms with Crippen molar-refractivity contribution in [2.24, 2.45) is 16.8 Å². The third-order valence-corrected chi connectivity index (χ3v) is 11.6. The number of amides is 1. The van der Waals surface area contributed by atoms with E-state index in [-0.39, 0.29) is 28.9 Å². The number of nitrogen functional groups attached to an aromatic ring is 1. The minimum atomic E-state index is -1.45. The third-order valence-electron chi connectivity index (χ3n) is 6.89. The molecule has 36 heavy (non-hydrogen) atoms. The van der Waals surface area contributed by atoms with E-state index in [1.165, 1.54) is 34.9 Å². The van der Waals surface area contributed by atoms with Gasteiger partial charge in [-0.2, -0.15) is 11.8 Å². The van der Waals surface area contributed by atoms with Gasteiger partial charge in [-0.3, -0.25) is 0 Å². The van der Waals surface area contributed by atoms with Crippen LogP contribution in [0.3, 0.4) is 0 Å². The Kier molecular flexibility index (Phi) is 7.53. The molecule has 0 radical (unpaired) electrons. The van der Waals surface area contributed by atoms with Crippen molar-refractivity contribution in [1.82, 2.24) is 4.90 Å². The summed E-state index contributed by atoms with van der Waals surface area (Å²) in [4.78, 5) is 19.6. The van der Waals surface area contributed by atoms with E-state index in [2.05, 4.69) is 19.6 Å². The number of nitrogens with zero attached hydrogens (tertiary/aromatic N) is 2. The number of hydrogen-bond donors (Lipinski definition) is 1. The first-order valence-electron chi connectivity index (χ1n) is 12.3. The van der Waals surface area contributed by atoms with E-state index in [0.717, 1.165) is 17.5 Å². The number of hydrogen-bond acceptors (Lipinski definition) is 7. The summed E-state index contributed by atoms with van der Waals surface area (Å²) in [5.41, 5.74) is 4.31. The van der Waals surface area contributed by atoms with Crippen LogP contribution in [0.25, 0.3) is 0 Å². The van der Waals surface area contributed by atoms with Crippen molar-refractivity contribution in [3.05, 3.63) is 29.6 Å². The molecular formula is C25H37F2N3O3S2Si. The topological polar surface area (TPSA) is 77.1 Å². The molecule has 6 nitrogen and oxygen atoms in total. The van der Waals surface area contributed by atoms with Gasteiger partial charge in [0.1, 0.15) is 30.4 Å². The first kappa shape index (κ1) is 27.7. The summed E-state index contributed by atoms with van der Waals surface area (Å²) < 4.78 is 41.7. The van der Waals surface area contributed by atoms with Crippen LogP contribution in [0.1, 0.15) is 26.3 Å². The lowest BCUT2D eigenvalue weighted by atomic mass is 9.84. The third kappa shape index (κ3) is 5.30. The predicted octanol–water partition coefficient (Wildman–Crippen LogP) is 5.96. The van der Waals surface area contributed by atoms with Crippen LogP contribution in [0, 0.1) is 17.7 Å². The number of carbonyl (C=O) groups is 1. The highest BCUT2D eigenvalue weighted by Crippen LogP contribution is 2.75. The molecule has 1 amide bonds. The Labute approximate surface area is 222 Å². The Hall–Kier alpha value is -1.30. The van der Waals surface area contributed by atoms with E-state index in [9.17, 15) is 4.79 Å². The summed E-state index contributed by atoms with van der Waals surface area (Å²) in [5.74, 6) is 1.09. The Morgan fingerprint density at radius 1 is 1.33 bits per heavy atom. The average Bonchev–Trinajstić information content (AvgIpc) is 3.22. The molecule has 1 aromatic carbocycles. The molecule has 3 aliphatic rings. The maximum atomic E-state index is 15.2. The number of amidine groups is 1. The summed E-state index contributed by atoms with van der Waals surface area (Å²) in [6.45, 7) is 11.7. The first-order chi connectivity index (χ1) is 16.7. The molecule has 2 aliphatic heterocycles. The molecule has 2 fully saturated rings. The molecule has 0 unspecified atom stereocenters. The van der Waals surface area contributed by atoms with Crippen LogP contribution < -0.4 is 5.73 Å². The molecule has 1 saturated carbocycles. The van der Waals surface area contributed by atoms with Crippen LogP contribution in [0.5, 0.6) is 0 Å². The number of rotatable bonds is 7. The quantitative estimate of drug-likeness (QED) is 0.193. The van der Waals surface area contributed by atoms with Crippen molar-refractivity contribution in [2.75, 3.05) is 37.3 Å². The van der Waals surface area contributed by atoms with Crippen molar-refractivity contribution in [3.8, 4) is 0 Å². The fourth-order valence-corrected chi connectivity index (χ4v) is 9.55. The number of ether oxygens (including phenoxy) is 2. The van der Waals surface area contributed by atoms with Gasteiger partial charge in [-0.05, 0) is 56.7 Å². The fourth-order valence-electron chi connectivity index (χ4n) is 5.05. The number of alkyl halides is 1. The number of nitrogens with two attached hydrogens (primary N) is 1. The zero-order chi connectivity index (χ0) is 26.5. The van der Waals surface area contributed by atoms with Crippen molar-refractivity contribution in [3.63, 3.8) is 0 Å². The lowest BCUT2D eigenvalue weighted by Crippen LogP contribution is -2.47. The molecule has 0 aromatic heterocycles. The monoisotopic (exact) mass is 557 g/mol. The number of thioether (sulfide) groups is 2. The van der Waals surface area contributed by atoms with Gasteiger partial charge in [0, 0.05) is 42.3 Å². The van der Waals surface area contributed by atoms with Gasteiger partial charge in [0.05, 0.1) is 0 Å². The Balaban J connectivity index is 1.74. The van der Waals surface area contributed by atoms with Crippen LogP contribution in [0.2, 0.25) is 25.7 Å². The summed E-state index contributed by atoms with van der Waals surface area (Å²) in [6, 6.07) is 5.15. The highest BCUT2D eigenvalue weighted by atomic mass is 32.2. The van der Waals surface area contributed by atoms with Gasteiger partial charge in [0.15, 0.2) is 5.17 Å². The van der Waals surface area contributed by atoms with Crippen molar-refractivity contribution < 1.29 is 23.0 Å². The van der Waals surface area contributed by atoms with Gasteiger partial charge in [-0.25, -0.2) is 23.5 Å². The molecule has 4 rings (SSSR count). The summed E-state index contributed by atoms with van der Waals surface area (Å²) in [7, 11) is -1.34. The van der Waals surface area contributed by atoms with E-state index in [1.807, 2.05) is 0 Å². The highest BCUT2D eigenvalue weighted by molar-refractivity contribution is 8.16. The normalized spacial score (nSPS) is 29.3. The van der Waals surface area contributed by atoms with Crippen LogP contribution in [-0.4, -0.2) is 66.1 Å². The fraction of sp³-hybridized carbons (Fsp3) is 0.680. The number of anilines is 1. The maximum Gasteiger partial charge on any atom is 0.418 e. The lowest BCUT2D eigenvalue weighted by Gasteiger charge is -2.38. The molecule has 2 heterocycles. The molecule has 4 atom stereocenters. The number of halogens is 2. The second-order valence-corrected chi connectivity index (χ2v) is 20.1. The van der Waals surface area contributed by atoms with Gasteiger partial charge in [-0.1, -0.05) is 31.4 Å². The van der Waals surface area contributed by atoms with Crippen molar-refractivity contribution in [1.29, 1.82) is 0 Å². The van der Waals surface area contributed by atoms with Crippen LogP contribution in [-0.2, 0) is 15.0 Å². The first-order valence-corrected chi connectivity index (χ1v) is 18.0. The molecule has 1 saturated heterocycles. The summed E-state index contributed by atoms with van der Waals surface area (Å²) >= 11 is 3.29. The molecule has 1 aromatic rings. The highest BCUT2D eigenvalue weighted by Gasteiger charge is 2.77. The number of aliphatic imine (C=N–C) groups is 1. The molecule has 0 bridgehead atoms. The van der Waals surface area contributed by atoms with Crippen LogP contribution >= 0.6 is 23.5 Å². The smallest absolute Gasteiger partial charge is 0.418 e. The minimum Gasteiger partial charge on any atom is -0.443 e. The van der Waals surface area contributed by atoms with E-state index in [0.29, 0.717) is 17.5 Å². The molecule has 200 valence electrons. The Morgan fingerprint density at radius 2 is 2.06 bits per heavy atom. The van der Waals surface area contributed by atoms with Gasteiger partial charge in [0.2, 0.25) is 0 Å². The zero-order valence-electron chi connectivity index (χ0n) is 21.9. The Morgan fingerprint density at radius 3 is 2.69 bits per heavy atom. The second kappa shape index (κ2) is 9.78. The van der Waals surface area contributed by atoms with Crippen molar-refractivity contribution >= 4 is 48.5 Å². The average molecular weight is 558 g/mol. The number of carbonyl (C=O) groups excluding carboxylic acids is 1. The van der Waals surface area contributed by atoms with Gasteiger partial charge < -0.3 is 15.2 Å². The number of benzene rings is 1. The second-order valence-electron chi connectivity index (χ2n) is 12.1. The van der Waals surface area contributed by atoms with Gasteiger partial charge >= 0.3 is 6.09 Å². The van der Waals surface area contributed by atoms with Gasteiger partial charge in [0.25, 0.3) is 0 Å². The van der Waals surface area contributed by atoms with Crippen LogP contribution in [0.4, 0.5) is 19.3 Å². The molecule has 11 heteroatoms. The molecule has 1 aliphatic carbocycles. The van der Waals surface area contributed by atoms with Gasteiger partial charge in [-0.15, -0.1) is 0 Å². The summed E-state index contributed by atoms with van der Waals surface area (Å²) in [5, 5.41) is 0.318. The van der Waals surface area contributed by atoms with Crippen molar-refractivity contribution in [2.45, 2.75) is 62.3 Å². The van der Waals surface area contributed by atoms with E-state index in [4.69, 9.17) is 20.2 Å². The van der Waals surface area contributed by atoms with Crippen LogP contribution in [0.15, 0.2) is 23.2 Å². The van der Waals surface area contributed by atoms with E-state index in [1.54, 1.807) is 32.5 Å². The SMILES string of the molecule is CC(C)(C)OC(=O)N(COCC[Si](C)(C)C)C1=N[C@](CF)(c2cc(N)ccc2F)[C@@H]2[C@H]3CSC[C@]32S1. The number of fused-ring (bicyclic) bond motifs is 1. The van der Waals surface area contributed by atoms with E-state index < -0.39 is 37.8 Å².